The van der Waals surface area contributed by atoms with Crippen LogP contribution in [0.3, 0.4) is 0 Å². The number of anilines is 2. The number of nitrogens with zero attached hydrogens (tertiary/aromatic N) is 2. The molecule has 4 amide bonds. The number of hydrogen-bond donors (Lipinski definition) is 2. The predicted molar refractivity (Wildman–Crippen MR) is 163 cm³/mol. The smallest absolute Gasteiger partial charge is 0.267 e. The van der Waals surface area contributed by atoms with Gasteiger partial charge >= 0.3 is 0 Å². The van der Waals surface area contributed by atoms with E-state index in [0.717, 1.165) is 23.5 Å². The van der Waals surface area contributed by atoms with E-state index >= 15 is 0 Å². The Morgan fingerprint density at radius 3 is 1.52 bits per heavy atom. The minimum Gasteiger partial charge on any atom is -0.497 e. The van der Waals surface area contributed by atoms with Crippen molar-refractivity contribution in [1.82, 2.24) is 9.80 Å². The fraction of sp³-hybridized carbons (Fsp3) is 0.231. The number of carbonyl (C=O) groups is 4. The molecule has 2 heterocycles. The second kappa shape index (κ2) is 13.3. The zero-order valence-electron chi connectivity index (χ0n) is 21.4. The van der Waals surface area contributed by atoms with Gasteiger partial charge in [-0.05, 0) is 24.3 Å². The summed E-state index contributed by atoms with van der Waals surface area (Å²) in [6.45, 7) is 0.101. The zero-order chi connectivity index (χ0) is 28.8. The van der Waals surface area contributed by atoms with Crippen LogP contribution in [0.25, 0.3) is 0 Å². The molecule has 2 aromatic carbocycles. The number of thioether (sulfide) groups is 2. The molecule has 2 N–H and O–H groups in total. The zero-order valence-corrected chi connectivity index (χ0v) is 24.7. The van der Waals surface area contributed by atoms with E-state index in [9.17, 15) is 19.2 Å². The molecule has 2 aliphatic heterocycles. The molecule has 208 valence electrons. The maximum Gasteiger partial charge on any atom is 0.267 e. The van der Waals surface area contributed by atoms with Crippen molar-refractivity contribution in [2.75, 3.05) is 37.9 Å². The van der Waals surface area contributed by atoms with Gasteiger partial charge in [0, 0.05) is 49.4 Å². The van der Waals surface area contributed by atoms with Gasteiger partial charge in [0.15, 0.2) is 0 Å². The molecular weight excluding hydrogens is 593 g/mol. The van der Waals surface area contributed by atoms with Crippen molar-refractivity contribution in [2.45, 2.75) is 12.8 Å². The monoisotopic (exact) mass is 616 g/mol. The van der Waals surface area contributed by atoms with E-state index in [2.05, 4.69) is 10.6 Å². The summed E-state index contributed by atoms with van der Waals surface area (Å²) in [4.78, 5) is 54.1. The molecular formula is C26H24N4O6S4. The van der Waals surface area contributed by atoms with Crippen molar-refractivity contribution >= 4 is 91.6 Å². The number of hydrogen-bond acceptors (Lipinski definition) is 10. The Hall–Kier alpha value is -3.46. The van der Waals surface area contributed by atoms with Crippen LogP contribution in [0.15, 0.2) is 58.3 Å². The summed E-state index contributed by atoms with van der Waals surface area (Å²) in [6, 6.07) is 13.8. The van der Waals surface area contributed by atoms with Crippen LogP contribution < -0.4 is 20.1 Å². The van der Waals surface area contributed by atoms with Gasteiger partial charge < -0.3 is 20.1 Å². The lowest BCUT2D eigenvalue weighted by Crippen LogP contribution is -2.33. The summed E-state index contributed by atoms with van der Waals surface area (Å²) in [7, 11) is 3.06. The van der Waals surface area contributed by atoms with Gasteiger partial charge in [-0.15, -0.1) is 0 Å². The highest BCUT2D eigenvalue weighted by Crippen LogP contribution is 2.42. The minimum absolute atomic E-state index is 0.000287. The number of benzene rings is 2. The first kappa shape index (κ1) is 29.5. The van der Waals surface area contributed by atoms with Crippen molar-refractivity contribution in [1.29, 1.82) is 0 Å². The second-order valence-electron chi connectivity index (χ2n) is 8.37. The van der Waals surface area contributed by atoms with Gasteiger partial charge in [-0.2, -0.15) is 0 Å². The van der Waals surface area contributed by atoms with Crippen molar-refractivity contribution in [3.8, 4) is 11.5 Å². The van der Waals surface area contributed by atoms with Crippen molar-refractivity contribution < 1.29 is 28.7 Å². The Balaban J connectivity index is 1.34. The largest absolute Gasteiger partial charge is 0.497 e. The van der Waals surface area contributed by atoms with Crippen LogP contribution in [0.4, 0.5) is 11.4 Å². The lowest BCUT2D eigenvalue weighted by molar-refractivity contribution is -0.125. The molecule has 14 heteroatoms. The molecule has 2 aliphatic rings. The van der Waals surface area contributed by atoms with Crippen LogP contribution in [0, 0.1) is 0 Å². The fourth-order valence-corrected chi connectivity index (χ4v) is 6.50. The van der Waals surface area contributed by atoms with E-state index in [1.807, 2.05) is 0 Å². The van der Waals surface area contributed by atoms with E-state index in [0.29, 0.717) is 22.9 Å². The third kappa shape index (κ3) is 6.99. The van der Waals surface area contributed by atoms with Crippen LogP contribution in [0.1, 0.15) is 12.8 Å². The first-order chi connectivity index (χ1) is 19.2. The van der Waals surface area contributed by atoms with Crippen molar-refractivity contribution in [2.24, 2.45) is 0 Å². The highest BCUT2D eigenvalue weighted by molar-refractivity contribution is 8.29. The fourth-order valence-electron chi connectivity index (χ4n) is 3.73. The van der Waals surface area contributed by atoms with Crippen LogP contribution in [0.5, 0.6) is 11.5 Å². The van der Waals surface area contributed by atoms with E-state index in [1.54, 1.807) is 48.5 Å². The average Bonchev–Trinajstić information content (AvgIpc) is 3.38. The standard InChI is InChI=1S/C26H24N4O6S4/c1-35-17-7-3-5-15(13-17)27-19(31)9-11-29-23(33)21(39-25(29)37)22-24(34)30(26(38)40-22)12-10-20(32)28-16-6-4-8-18(14-16)36-2/h3-8,13-14H,9-12H2,1-2H3,(H,27,31)(H,28,32)/b22-21+. The lowest BCUT2D eigenvalue weighted by atomic mass is 10.2. The van der Waals surface area contributed by atoms with Crippen molar-refractivity contribution in [3.63, 3.8) is 0 Å². The minimum atomic E-state index is -0.458. The Morgan fingerprint density at radius 1 is 0.750 bits per heavy atom. The molecule has 10 nitrogen and oxygen atoms in total. The SMILES string of the molecule is COc1cccc(NC(=O)CCN2C(=O)/C(=C3\SC(=S)N(CCC(=O)Nc4cccc(OC)c4)C3=O)SC2=S)c1. The van der Waals surface area contributed by atoms with Gasteiger partial charge in [0.2, 0.25) is 11.8 Å². The molecule has 0 unspecified atom stereocenters. The first-order valence-corrected chi connectivity index (χ1v) is 14.3. The third-order valence-corrected chi connectivity index (χ3v) is 8.76. The van der Waals surface area contributed by atoms with Gasteiger partial charge in [0.25, 0.3) is 11.8 Å². The third-order valence-electron chi connectivity index (χ3n) is 5.74. The summed E-state index contributed by atoms with van der Waals surface area (Å²) in [6.07, 6.45) is 0.000575. The van der Waals surface area contributed by atoms with Crippen LogP contribution in [-0.2, 0) is 19.2 Å². The molecule has 0 radical (unpaired) electrons. The molecule has 2 fully saturated rings. The summed E-state index contributed by atoms with van der Waals surface area (Å²) in [5.41, 5.74) is 1.13. The van der Waals surface area contributed by atoms with Gasteiger partial charge in [0.05, 0.1) is 24.0 Å². The quantitative estimate of drug-likeness (QED) is 0.300. The van der Waals surface area contributed by atoms with Gasteiger partial charge in [-0.1, -0.05) is 60.1 Å². The van der Waals surface area contributed by atoms with Crippen LogP contribution in [-0.4, -0.2) is 69.4 Å². The molecule has 0 saturated carbocycles. The van der Waals surface area contributed by atoms with Crippen molar-refractivity contribution in [3.05, 3.63) is 58.3 Å². The summed E-state index contributed by atoms with van der Waals surface area (Å²) in [5, 5.41) is 5.52. The summed E-state index contributed by atoms with van der Waals surface area (Å²) < 4.78 is 10.8. The number of thiocarbonyl (C=S) groups is 2. The number of nitrogens with one attached hydrogen (secondary N) is 2. The Labute approximate surface area is 249 Å². The molecule has 0 aliphatic carbocycles. The van der Waals surface area contributed by atoms with E-state index in [4.69, 9.17) is 33.9 Å². The Kier molecular flexibility index (Phi) is 9.79. The molecule has 2 saturated heterocycles. The topological polar surface area (TPSA) is 117 Å². The normalized spacial score (nSPS) is 16.9. The molecule has 4 rings (SSSR count). The Bertz CT molecular complexity index is 1320. The maximum absolute atomic E-state index is 13.1. The van der Waals surface area contributed by atoms with E-state index in [1.165, 1.54) is 24.0 Å². The van der Waals surface area contributed by atoms with Gasteiger partial charge in [0.1, 0.15) is 20.1 Å². The average molecular weight is 617 g/mol. The molecule has 40 heavy (non-hydrogen) atoms. The van der Waals surface area contributed by atoms with E-state index in [-0.39, 0.29) is 56.2 Å². The number of amides is 4. The van der Waals surface area contributed by atoms with Crippen LogP contribution >= 0.6 is 48.0 Å². The predicted octanol–water partition coefficient (Wildman–Crippen LogP) is 3.99. The number of methoxy groups -OCH3 is 2. The highest BCUT2D eigenvalue weighted by Gasteiger charge is 2.42. The summed E-state index contributed by atoms with van der Waals surface area (Å²) >= 11 is 12.7. The molecule has 2 aromatic rings. The van der Waals surface area contributed by atoms with Crippen LogP contribution in [0.2, 0.25) is 0 Å². The number of ether oxygens (including phenoxy) is 2. The number of rotatable bonds is 10. The molecule has 0 atom stereocenters. The summed E-state index contributed by atoms with van der Waals surface area (Å²) in [5.74, 6) is -0.323. The number of carbonyl (C=O) groups excluding carboxylic acids is 4. The first-order valence-electron chi connectivity index (χ1n) is 11.9. The van der Waals surface area contributed by atoms with Gasteiger partial charge in [-0.25, -0.2) is 0 Å². The van der Waals surface area contributed by atoms with E-state index < -0.39 is 11.8 Å². The Morgan fingerprint density at radius 2 is 1.15 bits per heavy atom. The second-order valence-corrected chi connectivity index (χ2v) is 11.7. The molecule has 0 spiro atoms. The lowest BCUT2D eigenvalue weighted by Gasteiger charge is -2.15. The van der Waals surface area contributed by atoms with Gasteiger partial charge in [-0.3, -0.25) is 29.0 Å². The maximum atomic E-state index is 13.1. The highest BCUT2D eigenvalue weighted by atomic mass is 32.2. The molecule has 0 aromatic heterocycles. The molecule has 0 bridgehead atoms.